The van der Waals surface area contributed by atoms with Crippen molar-refractivity contribution in [3.63, 3.8) is 0 Å². The van der Waals surface area contributed by atoms with E-state index in [4.69, 9.17) is 25.6 Å². The fourth-order valence-corrected chi connectivity index (χ4v) is 2.50. The molecule has 6 nitrogen and oxygen atoms in total. The molecule has 2 heterocycles. The van der Waals surface area contributed by atoms with Crippen molar-refractivity contribution >= 4 is 23.2 Å². The van der Waals surface area contributed by atoms with Crippen molar-refractivity contribution in [2.45, 2.75) is 18.8 Å². The van der Waals surface area contributed by atoms with E-state index in [1.54, 1.807) is 18.2 Å². The summed E-state index contributed by atoms with van der Waals surface area (Å²) in [6, 6.07) is 4.96. The smallest absolute Gasteiger partial charge is 0.277 e. The lowest BCUT2D eigenvalue weighted by molar-refractivity contribution is 0.101. The molecule has 22 heavy (non-hydrogen) atoms. The molecule has 0 saturated heterocycles. The Kier molecular flexibility index (Phi) is 3.18. The molecule has 1 fully saturated rings. The van der Waals surface area contributed by atoms with Gasteiger partial charge in [0.15, 0.2) is 17.2 Å². The maximum Gasteiger partial charge on any atom is 0.277 e. The van der Waals surface area contributed by atoms with Gasteiger partial charge in [-0.2, -0.15) is 0 Å². The number of nitrogens with zero attached hydrogens (tertiary/aromatic N) is 1. The summed E-state index contributed by atoms with van der Waals surface area (Å²) in [5, 5.41) is 6.90. The SMILES string of the molecule is O=C(Nc1cc2c(cc1Cl)OCCO2)c1cc(C2CC2)on1. The van der Waals surface area contributed by atoms with Crippen LogP contribution >= 0.6 is 11.6 Å². The zero-order valence-corrected chi connectivity index (χ0v) is 12.4. The van der Waals surface area contributed by atoms with Gasteiger partial charge in [-0.15, -0.1) is 0 Å². The molecule has 1 N–H and O–H groups in total. The summed E-state index contributed by atoms with van der Waals surface area (Å²) in [5.74, 6) is 1.94. The molecule has 7 heteroatoms. The zero-order valence-electron chi connectivity index (χ0n) is 11.6. The van der Waals surface area contributed by atoms with Crippen molar-refractivity contribution in [2.24, 2.45) is 0 Å². The number of carbonyl (C=O) groups excluding carboxylic acids is 1. The number of ether oxygens (including phenoxy) is 2. The van der Waals surface area contributed by atoms with E-state index >= 15 is 0 Å². The summed E-state index contributed by atoms with van der Waals surface area (Å²) in [6.45, 7) is 0.952. The van der Waals surface area contributed by atoms with Crippen molar-refractivity contribution in [3.8, 4) is 11.5 Å². The summed E-state index contributed by atoms with van der Waals surface area (Å²) in [6.07, 6.45) is 2.18. The standard InChI is InChI=1S/C15H13ClN2O4/c16-9-5-13-14(21-4-3-20-13)6-10(9)17-15(19)11-7-12(22-18-11)8-1-2-8/h5-8H,1-4H2,(H,17,19). The molecule has 1 aromatic carbocycles. The minimum atomic E-state index is -0.366. The number of anilines is 1. The lowest BCUT2D eigenvalue weighted by Crippen LogP contribution is -2.17. The molecule has 2 aliphatic rings. The second-order valence-corrected chi connectivity index (χ2v) is 5.73. The summed E-state index contributed by atoms with van der Waals surface area (Å²) >= 11 is 6.16. The molecule has 0 atom stereocenters. The molecule has 1 amide bonds. The third-order valence-electron chi connectivity index (χ3n) is 3.62. The van der Waals surface area contributed by atoms with Crippen molar-refractivity contribution in [1.82, 2.24) is 5.16 Å². The normalized spacial score (nSPS) is 16.4. The Morgan fingerprint density at radius 1 is 1.18 bits per heavy atom. The number of benzene rings is 1. The molecular weight excluding hydrogens is 308 g/mol. The number of carbonyl (C=O) groups is 1. The number of nitrogens with one attached hydrogen (secondary N) is 1. The Labute approximate surface area is 131 Å². The fraction of sp³-hybridized carbons (Fsp3) is 0.333. The quantitative estimate of drug-likeness (QED) is 0.940. The van der Waals surface area contributed by atoms with E-state index in [1.165, 1.54) is 0 Å². The maximum absolute atomic E-state index is 12.2. The zero-order chi connectivity index (χ0) is 15.1. The van der Waals surface area contributed by atoms with E-state index in [9.17, 15) is 4.79 Å². The first-order chi connectivity index (χ1) is 10.7. The van der Waals surface area contributed by atoms with Crippen LogP contribution in [0.15, 0.2) is 22.7 Å². The molecule has 0 bridgehead atoms. The van der Waals surface area contributed by atoms with Gasteiger partial charge >= 0.3 is 0 Å². The van der Waals surface area contributed by atoms with Crippen LogP contribution in [0.3, 0.4) is 0 Å². The highest BCUT2D eigenvalue weighted by atomic mass is 35.5. The molecule has 1 aromatic heterocycles. The first-order valence-corrected chi connectivity index (χ1v) is 7.45. The highest BCUT2D eigenvalue weighted by Crippen LogP contribution is 2.40. The largest absolute Gasteiger partial charge is 0.486 e. The minimum Gasteiger partial charge on any atom is -0.486 e. The number of hydrogen-bond donors (Lipinski definition) is 1. The average molecular weight is 321 g/mol. The lowest BCUT2D eigenvalue weighted by atomic mass is 10.2. The van der Waals surface area contributed by atoms with Crippen LogP contribution in [0, 0.1) is 0 Å². The molecule has 114 valence electrons. The van der Waals surface area contributed by atoms with Gasteiger partial charge in [-0.1, -0.05) is 16.8 Å². The van der Waals surface area contributed by atoms with Gasteiger partial charge in [0, 0.05) is 24.1 Å². The van der Waals surface area contributed by atoms with E-state index in [0.29, 0.717) is 41.3 Å². The lowest BCUT2D eigenvalue weighted by Gasteiger charge is -2.19. The third-order valence-corrected chi connectivity index (χ3v) is 3.93. The van der Waals surface area contributed by atoms with Gasteiger partial charge in [0.25, 0.3) is 5.91 Å². The Balaban J connectivity index is 1.55. The van der Waals surface area contributed by atoms with Crippen molar-refractivity contribution in [1.29, 1.82) is 0 Å². The van der Waals surface area contributed by atoms with Crippen LogP contribution in [0.4, 0.5) is 5.69 Å². The Hall–Kier alpha value is -2.21. The number of amides is 1. The Morgan fingerprint density at radius 3 is 2.64 bits per heavy atom. The van der Waals surface area contributed by atoms with E-state index in [-0.39, 0.29) is 11.6 Å². The van der Waals surface area contributed by atoms with Gasteiger partial charge in [0.2, 0.25) is 0 Å². The van der Waals surface area contributed by atoms with Gasteiger partial charge < -0.3 is 19.3 Å². The number of halogens is 1. The summed E-state index contributed by atoms with van der Waals surface area (Å²) in [5.41, 5.74) is 0.694. The van der Waals surface area contributed by atoms with Crippen LogP contribution in [0.1, 0.15) is 35.0 Å². The summed E-state index contributed by atoms with van der Waals surface area (Å²) < 4.78 is 16.1. The Morgan fingerprint density at radius 2 is 1.91 bits per heavy atom. The Bertz CT molecular complexity index is 739. The van der Waals surface area contributed by atoms with Gasteiger partial charge in [-0.3, -0.25) is 4.79 Å². The maximum atomic E-state index is 12.2. The molecule has 0 unspecified atom stereocenters. The molecule has 1 aliphatic heterocycles. The van der Waals surface area contributed by atoms with Gasteiger partial charge in [-0.05, 0) is 12.8 Å². The first-order valence-electron chi connectivity index (χ1n) is 7.08. The van der Waals surface area contributed by atoms with Crippen LogP contribution in [0.25, 0.3) is 0 Å². The third kappa shape index (κ3) is 2.50. The van der Waals surface area contributed by atoms with E-state index in [0.717, 1.165) is 18.6 Å². The predicted molar refractivity (Wildman–Crippen MR) is 78.9 cm³/mol. The molecule has 0 radical (unpaired) electrons. The fourth-order valence-electron chi connectivity index (χ4n) is 2.30. The molecule has 2 aromatic rings. The van der Waals surface area contributed by atoms with Crippen molar-refractivity contribution in [3.05, 3.63) is 34.7 Å². The van der Waals surface area contributed by atoms with E-state index in [1.807, 2.05) is 0 Å². The van der Waals surface area contributed by atoms with Crippen LogP contribution in [0.2, 0.25) is 5.02 Å². The number of aromatic nitrogens is 1. The van der Waals surface area contributed by atoms with Gasteiger partial charge in [0.1, 0.15) is 19.0 Å². The number of fused-ring (bicyclic) bond motifs is 1. The first kappa shape index (κ1) is 13.5. The second-order valence-electron chi connectivity index (χ2n) is 5.32. The molecular formula is C15H13ClN2O4. The summed E-state index contributed by atoms with van der Waals surface area (Å²) in [7, 11) is 0. The topological polar surface area (TPSA) is 73.6 Å². The van der Waals surface area contributed by atoms with Crippen LogP contribution in [-0.2, 0) is 0 Å². The second kappa shape index (κ2) is 5.21. The number of rotatable bonds is 3. The van der Waals surface area contributed by atoms with Gasteiger partial charge in [0.05, 0.1) is 10.7 Å². The highest BCUT2D eigenvalue weighted by Gasteiger charge is 2.29. The molecule has 1 saturated carbocycles. The predicted octanol–water partition coefficient (Wildman–Crippen LogP) is 3.23. The van der Waals surface area contributed by atoms with E-state index < -0.39 is 0 Å². The van der Waals surface area contributed by atoms with Crippen molar-refractivity contribution in [2.75, 3.05) is 18.5 Å². The van der Waals surface area contributed by atoms with Crippen LogP contribution in [-0.4, -0.2) is 24.3 Å². The molecule has 4 rings (SSSR count). The number of hydrogen-bond acceptors (Lipinski definition) is 5. The van der Waals surface area contributed by atoms with Crippen LogP contribution < -0.4 is 14.8 Å². The molecule has 1 aliphatic carbocycles. The minimum absolute atomic E-state index is 0.243. The monoisotopic (exact) mass is 320 g/mol. The highest BCUT2D eigenvalue weighted by molar-refractivity contribution is 6.34. The van der Waals surface area contributed by atoms with E-state index in [2.05, 4.69) is 10.5 Å². The summed E-state index contributed by atoms with van der Waals surface area (Å²) in [4.78, 5) is 12.2. The molecule has 0 spiro atoms. The van der Waals surface area contributed by atoms with Gasteiger partial charge in [-0.25, -0.2) is 0 Å². The average Bonchev–Trinajstić information content (AvgIpc) is 3.25. The van der Waals surface area contributed by atoms with Crippen molar-refractivity contribution < 1.29 is 18.8 Å². The van der Waals surface area contributed by atoms with Crippen LogP contribution in [0.5, 0.6) is 11.5 Å².